The number of nitrogens with zero attached hydrogens (tertiary/aromatic N) is 4. The first-order valence-electron chi connectivity index (χ1n) is 8.98. The van der Waals surface area contributed by atoms with Crippen molar-refractivity contribution in [3.63, 3.8) is 0 Å². The van der Waals surface area contributed by atoms with Gasteiger partial charge in [-0.3, -0.25) is 0 Å². The average molecular weight is 368 g/mol. The summed E-state index contributed by atoms with van der Waals surface area (Å²) in [5.74, 6) is 0.543. The molecule has 0 saturated heterocycles. The van der Waals surface area contributed by atoms with Crippen molar-refractivity contribution in [2.75, 3.05) is 13.6 Å². The number of hydrogen-bond donors (Lipinski definition) is 1. The number of likely N-dealkylation sites (N-methyl/N-ethyl adjacent to an activating group) is 1. The zero-order chi connectivity index (χ0) is 19.2. The van der Waals surface area contributed by atoms with Crippen LogP contribution >= 0.6 is 0 Å². The molecular formula is C20H24N4O3. The highest BCUT2D eigenvalue weighted by Gasteiger charge is 2.22. The van der Waals surface area contributed by atoms with Gasteiger partial charge in [-0.05, 0) is 24.1 Å². The van der Waals surface area contributed by atoms with E-state index in [0.717, 1.165) is 17.5 Å². The summed E-state index contributed by atoms with van der Waals surface area (Å²) in [5, 5.41) is 9.70. The Labute approximate surface area is 158 Å². The topological polar surface area (TPSA) is 80.5 Å². The second kappa shape index (κ2) is 8.64. The predicted octanol–water partition coefficient (Wildman–Crippen LogP) is 3.14. The molecular weight excluding hydrogens is 344 g/mol. The Hall–Kier alpha value is -2.93. The molecule has 0 saturated carbocycles. The fourth-order valence-electron chi connectivity index (χ4n) is 3.09. The van der Waals surface area contributed by atoms with E-state index >= 15 is 0 Å². The quantitative estimate of drug-likeness (QED) is 0.693. The Morgan fingerprint density at radius 1 is 1.26 bits per heavy atom. The monoisotopic (exact) mass is 368 g/mol. The number of pyridine rings is 1. The molecule has 1 aromatic carbocycles. The van der Waals surface area contributed by atoms with Crippen LogP contribution in [0.1, 0.15) is 30.8 Å². The van der Waals surface area contributed by atoms with Crippen LogP contribution in [0.5, 0.6) is 0 Å². The number of amides is 1. The Morgan fingerprint density at radius 2 is 2.04 bits per heavy atom. The van der Waals surface area contributed by atoms with E-state index in [4.69, 9.17) is 4.74 Å². The van der Waals surface area contributed by atoms with Gasteiger partial charge in [0.1, 0.15) is 24.6 Å². The second-order valence-electron chi connectivity index (χ2n) is 6.39. The van der Waals surface area contributed by atoms with E-state index in [1.54, 1.807) is 18.1 Å². The first-order chi connectivity index (χ1) is 13.1. The smallest absolute Gasteiger partial charge is 0.409 e. The molecule has 7 heteroatoms. The van der Waals surface area contributed by atoms with Gasteiger partial charge in [-0.25, -0.2) is 14.8 Å². The lowest BCUT2D eigenvalue weighted by Crippen LogP contribution is -2.33. The summed E-state index contributed by atoms with van der Waals surface area (Å²) in [6.07, 6.45) is 2.07. The van der Waals surface area contributed by atoms with Crippen LogP contribution in [0.3, 0.4) is 0 Å². The van der Waals surface area contributed by atoms with Crippen molar-refractivity contribution in [1.29, 1.82) is 0 Å². The van der Waals surface area contributed by atoms with Gasteiger partial charge in [0.05, 0.1) is 6.04 Å². The van der Waals surface area contributed by atoms with Crippen LogP contribution in [0.25, 0.3) is 11.2 Å². The SMILES string of the molecule is CC[C@@H](CN(C)C(=O)OCc1ccccc1)n1c(CO)nc2cccnc21. The van der Waals surface area contributed by atoms with Crippen LogP contribution < -0.4 is 0 Å². The Kier molecular flexibility index (Phi) is 6.03. The van der Waals surface area contributed by atoms with Crippen LogP contribution in [-0.4, -0.2) is 44.2 Å². The highest BCUT2D eigenvalue weighted by Crippen LogP contribution is 2.23. The molecule has 0 fully saturated rings. The van der Waals surface area contributed by atoms with Crippen LogP contribution in [0.4, 0.5) is 4.79 Å². The molecule has 0 aliphatic carbocycles. The normalized spacial score (nSPS) is 12.1. The average Bonchev–Trinajstić information content (AvgIpc) is 3.09. The minimum atomic E-state index is -0.389. The molecule has 3 aromatic rings. The number of aliphatic hydroxyl groups is 1. The van der Waals surface area contributed by atoms with Crippen molar-refractivity contribution in [2.45, 2.75) is 32.6 Å². The van der Waals surface area contributed by atoms with E-state index in [0.29, 0.717) is 18.0 Å². The number of benzene rings is 1. The van der Waals surface area contributed by atoms with Gasteiger partial charge < -0.3 is 19.3 Å². The summed E-state index contributed by atoms with van der Waals surface area (Å²) < 4.78 is 7.31. The molecule has 0 bridgehead atoms. The van der Waals surface area contributed by atoms with Crippen molar-refractivity contribution in [2.24, 2.45) is 0 Å². The Bertz CT molecular complexity index is 895. The Balaban J connectivity index is 1.72. The first-order valence-corrected chi connectivity index (χ1v) is 8.98. The number of ether oxygens (including phenoxy) is 1. The summed E-state index contributed by atoms with van der Waals surface area (Å²) in [5.41, 5.74) is 2.38. The van der Waals surface area contributed by atoms with Gasteiger partial charge in [0.2, 0.25) is 0 Å². The minimum Gasteiger partial charge on any atom is -0.445 e. The molecule has 142 valence electrons. The number of carbonyl (C=O) groups excluding carboxylic acids is 1. The molecule has 2 heterocycles. The lowest BCUT2D eigenvalue weighted by atomic mass is 10.2. The van der Waals surface area contributed by atoms with Crippen LogP contribution in [0, 0.1) is 0 Å². The van der Waals surface area contributed by atoms with Gasteiger partial charge in [-0.1, -0.05) is 37.3 Å². The zero-order valence-corrected chi connectivity index (χ0v) is 15.6. The number of aliphatic hydroxyl groups excluding tert-OH is 1. The molecule has 27 heavy (non-hydrogen) atoms. The molecule has 1 N–H and O–H groups in total. The van der Waals surface area contributed by atoms with Crippen LogP contribution in [0.2, 0.25) is 0 Å². The maximum atomic E-state index is 12.4. The summed E-state index contributed by atoms with van der Waals surface area (Å²) in [7, 11) is 1.71. The van der Waals surface area contributed by atoms with Crippen molar-refractivity contribution in [1.82, 2.24) is 19.4 Å². The van der Waals surface area contributed by atoms with Crippen LogP contribution in [0.15, 0.2) is 48.7 Å². The second-order valence-corrected chi connectivity index (χ2v) is 6.39. The number of carbonyl (C=O) groups is 1. The maximum absolute atomic E-state index is 12.4. The number of rotatable bonds is 7. The van der Waals surface area contributed by atoms with E-state index in [2.05, 4.69) is 9.97 Å². The summed E-state index contributed by atoms with van der Waals surface area (Å²) in [6.45, 7) is 2.51. The molecule has 0 aliphatic heterocycles. The molecule has 0 radical (unpaired) electrons. The van der Waals surface area contributed by atoms with Crippen molar-refractivity contribution >= 4 is 17.3 Å². The van der Waals surface area contributed by atoms with Gasteiger partial charge in [0, 0.05) is 19.8 Å². The highest BCUT2D eigenvalue weighted by atomic mass is 16.6. The lowest BCUT2D eigenvalue weighted by Gasteiger charge is -2.25. The van der Waals surface area contributed by atoms with Gasteiger partial charge in [-0.2, -0.15) is 0 Å². The highest BCUT2D eigenvalue weighted by molar-refractivity contribution is 5.71. The third-order valence-electron chi connectivity index (χ3n) is 4.50. The minimum absolute atomic E-state index is 0.0682. The Morgan fingerprint density at radius 3 is 2.74 bits per heavy atom. The third-order valence-corrected chi connectivity index (χ3v) is 4.50. The van der Waals surface area contributed by atoms with Gasteiger partial charge in [0.15, 0.2) is 5.65 Å². The summed E-state index contributed by atoms with van der Waals surface area (Å²) in [4.78, 5) is 22.8. The fraction of sp³-hybridized carbons (Fsp3) is 0.350. The van der Waals surface area contributed by atoms with Crippen molar-refractivity contribution in [3.8, 4) is 0 Å². The van der Waals surface area contributed by atoms with E-state index in [9.17, 15) is 9.90 Å². The predicted molar refractivity (Wildman–Crippen MR) is 102 cm³/mol. The molecule has 7 nitrogen and oxygen atoms in total. The fourth-order valence-corrected chi connectivity index (χ4v) is 3.09. The standard InChI is InChI=1S/C20H24N4O3/c1-3-16(24-18(13-25)22-17-10-7-11-21-19(17)24)12-23(2)20(26)27-14-15-8-5-4-6-9-15/h4-11,16,25H,3,12-14H2,1-2H3/t16-/m0/s1. The van der Waals surface area contributed by atoms with E-state index in [-0.39, 0.29) is 25.3 Å². The molecule has 0 aliphatic rings. The number of fused-ring (bicyclic) bond motifs is 1. The summed E-state index contributed by atoms with van der Waals surface area (Å²) in [6, 6.07) is 13.2. The molecule has 3 rings (SSSR count). The number of aromatic nitrogens is 3. The number of hydrogen-bond acceptors (Lipinski definition) is 5. The largest absolute Gasteiger partial charge is 0.445 e. The van der Waals surface area contributed by atoms with Crippen molar-refractivity contribution < 1.29 is 14.6 Å². The van der Waals surface area contributed by atoms with Gasteiger partial charge in [-0.15, -0.1) is 0 Å². The lowest BCUT2D eigenvalue weighted by molar-refractivity contribution is 0.0993. The van der Waals surface area contributed by atoms with Gasteiger partial charge >= 0.3 is 6.09 Å². The van der Waals surface area contributed by atoms with Gasteiger partial charge in [0.25, 0.3) is 0 Å². The summed E-state index contributed by atoms with van der Waals surface area (Å²) >= 11 is 0. The molecule has 0 unspecified atom stereocenters. The zero-order valence-electron chi connectivity index (χ0n) is 15.6. The molecule has 1 amide bonds. The van der Waals surface area contributed by atoms with E-state index in [1.165, 1.54) is 0 Å². The maximum Gasteiger partial charge on any atom is 0.409 e. The molecule has 2 aromatic heterocycles. The molecule has 0 spiro atoms. The van der Waals surface area contributed by atoms with Crippen molar-refractivity contribution in [3.05, 3.63) is 60.0 Å². The van der Waals surface area contributed by atoms with Crippen LogP contribution in [-0.2, 0) is 18.0 Å². The van der Waals surface area contributed by atoms with E-state index < -0.39 is 0 Å². The van der Waals surface area contributed by atoms with E-state index in [1.807, 2.05) is 54.0 Å². The molecule has 1 atom stereocenters. The number of imidazole rings is 1. The first kappa shape index (κ1) is 18.8. The third kappa shape index (κ3) is 4.25.